The third-order valence-electron chi connectivity index (χ3n) is 4.46. The number of benzene rings is 1. The van der Waals surface area contributed by atoms with Crippen LogP contribution < -0.4 is 9.47 Å². The van der Waals surface area contributed by atoms with Gasteiger partial charge in [-0.25, -0.2) is 0 Å². The molecule has 1 aromatic carbocycles. The minimum absolute atomic E-state index is 0.0466. The van der Waals surface area contributed by atoms with Gasteiger partial charge in [-0.15, -0.1) is 10.2 Å². The van der Waals surface area contributed by atoms with Crippen molar-refractivity contribution in [2.75, 3.05) is 13.7 Å². The van der Waals surface area contributed by atoms with Crippen molar-refractivity contribution in [1.82, 2.24) is 14.8 Å². The Kier molecular flexibility index (Phi) is 5.74. The fourth-order valence-corrected chi connectivity index (χ4v) is 3.02. The molecule has 0 bridgehead atoms. The fourth-order valence-electron chi connectivity index (χ4n) is 3.02. The Morgan fingerprint density at radius 3 is 2.93 bits per heavy atom. The van der Waals surface area contributed by atoms with Crippen LogP contribution in [0.1, 0.15) is 30.9 Å². The van der Waals surface area contributed by atoms with Crippen molar-refractivity contribution >= 4 is 11.3 Å². The summed E-state index contributed by atoms with van der Waals surface area (Å²) < 4.78 is 12.2. The summed E-state index contributed by atoms with van der Waals surface area (Å²) in [5.74, 6) is 0.953. The number of hydrogen-bond acceptors (Lipinski definition) is 8. The lowest BCUT2D eigenvalue weighted by molar-refractivity contribution is -0.385. The van der Waals surface area contributed by atoms with Crippen LogP contribution in [0.4, 0.5) is 5.69 Å². The van der Waals surface area contributed by atoms with Crippen LogP contribution in [0.25, 0.3) is 5.57 Å². The molecule has 0 fully saturated rings. The molecule has 1 aliphatic heterocycles. The summed E-state index contributed by atoms with van der Waals surface area (Å²) in [6, 6.07) is 6.04. The average molecular weight is 385 g/mol. The molecule has 0 atom stereocenters. The molecule has 3 rings (SSSR count). The number of nitro groups is 1. The number of rotatable bonds is 6. The predicted octanol–water partition coefficient (Wildman–Crippen LogP) is 2.79. The zero-order chi connectivity index (χ0) is 20.1. The van der Waals surface area contributed by atoms with E-state index >= 15 is 0 Å². The molecule has 0 radical (unpaired) electrons. The molecule has 0 amide bonds. The summed E-state index contributed by atoms with van der Waals surface area (Å²) in [4.78, 5) is 10.6. The molecule has 1 N–H and O–H groups in total. The molecule has 10 heteroatoms. The summed E-state index contributed by atoms with van der Waals surface area (Å²) in [7, 11) is 1.40. The van der Waals surface area contributed by atoms with Crippen LogP contribution >= 0.6 is 0 Å². The lowest BCUT2D eigenvalue weighted by Gasteiger charge is -2.10. The lowest BCUT2D eigenvalue weighted by Crippen LogP contribution is -2.09. The van der Waals surface area contributed by atoms with Gasteiger partial charge in [0.15, 0.2) is 17.3 Å². The first-order chi connectivity index (χ1) is 13.5. The first kappa shape index (κ1) is 19.2. The van der Waals surface area contributed by atoms with E-state index in [1.165, 1.54) is 25.3 Å². The topological polar surface area (TPSA) is 136 Å². The Hall–Kier alpha value is -3.61. The number of allylic oxidation sites excluding steroid dienone is 1. The van der Waals surface area contributed by atoms with Gasteiger partial charge < -0.3 is 19.1 Å². The van der Waals surface area contributed by atoms with Crippen LogP contribution in [0.3, 0.4) is 0 Å². The van der Waals surface area contributed by atoms with Crippen LogP contribution in [0.2, 0.25) is 0 Å². The molecule has 1 aromatic heterocycles. The number of ether oxygens (including phenoxy) is 2. The second-order valence-corrected chi connectivity index (χ2v) is 6.22. The molecule has 0 saturated heterocycles. The third-order valence-corrected chi connectivity index (χ3v) is 4.46. The number of aliphatic hydroxyl groups is 1. The number of fused-ring (bicyclic) bond motifs is 1. The molecule has 0 aliphatic carbocycles. The van der Waals surface area contributed by atoms with E-state index in [1.54, 1.807) is 0 Å². The summed E-state index contributed by atoms with van der Waals surface area (Å²) >= 11 is 0. The summed E-state index contributed by atoms with van der Waals surface area (Å²) in [5, 5.41) is 39.3. The summed E-state index contributed by atoms with van der Waals surface area (Å²) in [6.45, 7) is 0.249. The first-order valence-corrected chi connectivity index (χ1v) is 8.75. The molecule has 0 saturated carbocycles. The number of nitrogens with zero attached hydrogens (tertiary/aromatic N) is 5. The van der Waals surface area contributed by atoms with E-state index < -0.39 is 11.5 Å². The van der Waals surface area contributed by atoms with Crippen LogP contribution in [-0.4, -0.2) is 38.5 Å². The van der Waals surface area contributed by atoms with Crippen LogP contribution in [0.5, 0.6) is 11.5 Å². The standard InChI is InChI=1S/C18H19N5O5/c1-27-12-6-7-16(14(9-12)23(25)26)28-11-15(24)13(10-19)18-21-20-17-5-3-2-4-8-22(17)18/h6-7,9,24H,2-5,8,11H2,1H3/b15-13-. The first-order valence-electron chi connectivity index (χ1n) is 8.75. The zero-order valence-corrected chi connectivity index (χ0v) is 15.3. The van der Waals surface area contributed by atoms with E-state index in [0.717, 1.165) is 31.5 Å². The number of aromatic nitrogens is 3. The Bertz CT molecular complexity index is 960. The number of aliphatic hydroxyl groups excluding tert-OH is 1. The Morgan fingerprint density at radius 1 is 1.39 bits per heavy atom. The lowest BCUT2D eigenvalue weighted by atomic mass is 10.2. The highest BCUT2D eigenvalue weighted by molar-refractivity contribution is 5.74. The smallest absolute Gasteiger partial charge is 0.314 e. The molecule has 28 heavy (non-hydrogen) atoms. The highest BCUT2D eigenvalue weighted by Crippen LogP contribution is 2.31. The Morgan fingerprint density at radius 2 is 2.21 bits per heavy atom. The molecule has 0 unspecified atom stereocenters. The molecule has 2 aromatic rings. The van der Waals surface area contributed by atoms with Crippen molar-refractivity contribution in [3.63, 3.8) is 0 Å². The largest absolute Gasteiger partial charge is 0.507 e. The normalized spacial score (nSPS) is 14.3. The molecule has 0 spiro atoms. The molecule has 1 aliphatic rings. The van der Waals surface area contributed by atoms with Gasteiger partial charge in [-0.05, 0) is 25.0 Å². The van der Waals surface area contributed by atoms with Crippen molar-refractivity contribution in [3.05, 3.63) is 45.7 Å². The van der Waals surface area contributed by atoms with Gasteiger partial charge in [0.05, 0.1) is 18.1 Å². The van der Waals surface area contributed by atoms with E-state index in [0.29, 0.717) is 12.3 Å². The maximum absolute atomic E-state index is 11.2. The van der Waals surface area contributed by atoms with Gasteiger partial charge in [0.1, 0.15) is 29.8 Å². The number of nitro benzene ring substituents is 1. The SMILES string of the molecule is COc1ccc(OC/C(O)=C(\C#N)c2nnc3n2CCCCC3)c([N+](=O)[O-])c1. The second-order valence-electron chi connectivity index (χ2n) is 6.22. The van der Waals surface area contributed by atoms with Gasteiger partial charge in [0.25, 0.3) is 0 Å². The minimum Gasteiger partial charge on any atom is -0.507 e. The van der Waals surface area contributed by atoms with E-state index in [-0.39, 0.29) is 28.6 Å². The maximum Gasteiger partial charge on any atom is 0.314 e. The highest BCUT2D eigenvalue weighted by Gasteiger charge is 2.22. The monoisotopic (exact) mass is 385 g/mol. The second kappa shape index (κ2) is 8.39. The summed E-state index contributed by atoms with van der Waals surface area (Å²) in [6.07, 6.45) is 3.76. The molecule has 2 heterocycles. The minimum atomic E-state index is -0.609. The van der Waals surface area contributed by atoms with Crippen molar-refractivity contribution in [3.8, 4) is 17.6 Å². The fraction of sp³-hybridized carbons (Fsp3) is 0.389. The quantitative estimate of drug-likeness (QED) is 0.347. The molecular weight excluding hydrogens is 366 g/mol. The number of hydrogen-bond donors (Lipinski definition) is 1. The van der Waals surface area contributed by atoms with Gasteiger partial charge in [-0.1, -0.05) is 6.42 Å². The van der Waals surface area contributed by atoms with E-state index in [4.69, 9.17) is 9.47 Å². The van der Waals surface area contributed by atoms with Crippen molar-refractivity contribution in [2.24, 2.45) is 0 Å². The number of nitriles is 1. The Labute approximate surface area is 160 Å². The Balaban J connectivity index is 1.86. The van der Waals surface area contributed by atoms with Gasteiger partial charge in [-0.3, -0.25) is 10.1 Å². The van der Waals surface area contributed by atoms with Crippen LogP contribution in [-0.2, 0) is 13.0 Å². The highest BCUT2D eigenvalue weighted by atomic mass is 16.6. The number of methoxy groups -OCH3 is 1. The van der Waals surface area contributed by atoms with Gasteiger partial charge in [-0.2, -0.15) is 5.26 Å². The molecular formula is C18H19N5O5. The van der Waals surface area contributed by atoms with Gasteiger partial charge in [0.2, 0.25) is 0 Å². The predicted molar refractivity (Wildman–Crippen MR) is 97.9 cm³/mol. The van der Waals surface area contributed by atoms with E-state index in [2.05, 4.69) is 10.2 Å². The zero-order valence-electron chi connectivity index (χ0n) is 15.3. The van der Waals surface area contributed by atoms with E-state index in [1.807, 2.05) is 10.6 Å². The van der Waals surface area contributed by atoms with Crippen LogP contribution in [0, 0.1) is 21.4 Å². The third kappa shape index (κ3) is 3.88. The van der Waals surface area contributed by atoms with Crippen molar-refractivity contribution < 1.29 is 19.5 Å². The molecule has 146 valence electrons. The number of aryl methyl sites for hydroxylation is 1. The van der Waals surface area contributed by atoms with Crippen LogP contribution in [0.15, 0.2) is 24.0 Å². The van der Waals surface area contributed by atoms with E-state index in [9.17, 15) is 20.5 Å². The molecule has 10 nitrogen and oxygen atoms in total. The average Bonchev–Trinajstić information content (AvgIpc) is 2.94. The van der Waals surface area contributed by atoms with Gasteiger partial charge in [0, 0.05) is 13.0 Å². The maximum atomic E-state index is 11.2. The van der Waals surface area contributed by atoms with Gasteiger partial charge >= 0.3 is 5.69 Å². The van der Waals surface area contributed by atoms with Crippen molar-refractivity contribution in [1.29, 1.82) is 5.26 Å². The van der Waals surface area contributed by atoms with Crippen molar-refractivity contribution in [2.45, 2.75) is 32.2 Å². The summed E-state index contributed by atoms with van der Waals surface area (Å²) in [5.41, 5.74) is -0.362.